The molecule has 1 aromatic heterocycles. The Hall–Kier alpha value is -3.15. The van der Waals surface area contributed by atoms with Crippen molar-refractivity contribution in [2.24, 2.45) is 0 Å². The summed E-state index contributed by atoms with van der Waals surface area (Å²) in [6.45, 7) is 6.52. The number of amides is 1. The minimum Gasteiger partial charge on any atom is -0.439 e. The lowest BCUT2D eigenvalue weighted by Crippen LogP contribution is -2.26. The van der Waals surface area contributed by atoms with Crippen LogP contribution in [0.5, 0.6) is 11.6 Å². The molecule has 2 aromatic carbocycles. The number of halogens is 1. The fourth-order valence-electron chi connectivity index (χ4n) is 3.01. The second-order valence-electron chi connectivity index (χ2n) is 7.08. The second-order valence-corrected chi connectivity index (χ2v) is 7.08. The largest absolute Gasteiger partial charge is 0.439 e. The number of carbonyl (C=O) groups excluding carboxylic acids is 1. The van der Waals surface area contributed by atoms with Crippen LogP contribution in [0.25, 0.3) is 5.69 Å². The molecular weight excluding hydrogens is 369 g/mol. The third-order valence-corrected chi connectivity index (χ3v) is 4.93. The van der Waals surface area contributed by atoms with Gasteiger partial charge in [0.2, 0.25) is 11.8 Å². The van der Waals surface area contributed by atoms with Gasteiger partial charge in [0.25, 0.3) is 0 Å². The zero-order valence-electron chi connectivity index (χ0n) is 17.3. The van der Waals surface area contributed by atoms with Crippen molar-refractivity contribution in [2.45, 2.75) is 33.6 Å². The zero-order chi connectivity index (χ0) is 21.0. The average molecular weight is 395 g/mol. The van der Waals surface area contributed by atoms with Gasteiger partial charge in [0.05, 0.1) is 11.4 Å². The molecule has 152 valence electrons. The molecular formula is C23H26FN3O2. The van der Waals surface area contributed by atoms with E-state index in [4.69, 9.17) is 4.74 Å². The molecule has 1 amide bonds. The first-order chi connectivity index (χ1) is 13.9. The van der Waals surface area contributed by atoms with Crippen LogP contribution in [0.1, 0.15) is 30.2 Å². The lowest BCUT2D eigenvalue weighted by Gasteiger charge is -2.15. The van der Waals surface area contributed by atoms with Crippen LogP contribution in [0.3, 0.4) is 0 Å². The molecule has 0 saturated carbocycles. The van der Waals surface area contributed by atoms with Crippen LogP contribution in [0.2, 0.25) is 0 Å². The van der Waals surface area contributed by atoms with Crippen LogP contribution in [-0.4, -0.2) is 34.2 Å². The molecule has 0 N–H and O–H groups in total. The van der Waals surface area contributed by atoms with Crippen molar-refractivity contribution < 1.29 is 13.9 Å². The first kappa shape index (κ1) is 20.6. The summed E-state index contributed by atoms with van der Waals surface area (Å²) in [4.78, 5) is 14.0. The summed E-state index contributed by atoms with van der Waals surface area (Å²) in [5.41, 5.74) is 3.48. The Kier molecular flexibility index (Phi) is 6.32. The molecule has 0 bridgehead atoms. The predicted octanol–water partition coefficient (Wildman–Crippen LogP) is 4.83. The van der Waals surface area contributed by atoms with Gasteiger partial charge in [0.1, 0.15) is 11.6 Å². The lowest BCUT2D eigenvalue weighted by atomic mass is 10.1. The van der Waals surface area contributed by atoms with Crippen molar-refractivity contribution in [1.29, 1.82) is 0 Å². The number of aromatic nitrogens is 2. The highest BCUT2D eigenvalue weighted by molar-refractivity contribution is 5.76. The minimum absolute atomic E-state index is 0.0720. The van der Waals surface area contributed by atoms with Crippen LogP contribution < -0.4 is 4.74 Å². The highest BCUT2D eigenvalue weighted by atomic mass is 19.1. The summed E-state index contributed by atoms with van der Waals surface area (Å²) in [6, 6.07) is 13.8. The quantitative estimate of drug-likeness (QED) is 0.576. The van der Waals surface area contributed by atoms with E-state index in [1.807, 2.05) is 45.0 Å². The molecule has 1 heterocycles. The zero-order valence-corrected chi connectivity index (χ0v) is 17.3. The van der Waals surface area contributed by atoms with E-state index < -0.39 is 0 Å². The van der Waals surface area contributed by atoms with Gasteiger partial charge in [-0.2, -0.15) is 5.10 Å². The van der Waals surface area contributed by atoms with E-state index in [-0.39, 0.29) is 11.7 Å². The number of nitrogens with zero attached hydrogens (tertiary/aromatic N) is 3. The molecule has 0 aliphatic heterocycles. The summed E-state index contributed by atoms with van der Waals surface area (Å²) < 4.78 is 21.3. The van der Waals surface area contributed by atoms with Gasteiger partial charge >= 0.3 is 0 Å². The van der Waals surface area contributed by atoms with Gasteiger partial charge in [0, 0.05) is 25.6 Å². The van der Waals surface area contributed by atoms with E-state index in [1.165, 1.54) is 12.1 Å². The predicted molar refractivity (Wildman–Crippen MR) is 111 cm³/mol. The number of rotatable bonds is 7. The average Bonchev–Trinajstić information content (AvgIpc) is 3.02. The molecule has 3 aromatic rings. The summed E-state index contributed by atoms with van der Waals surface area (Å²) in [5, 5.41) is 4.61. The Bertz CT molecular complexity index is 979. The maximum absolute atomic E-state index is 13.4. The Morgan fingerprint density at radius 1 is 1.10 bits per heavy atom. The van der Waals surface area contributed by atoms with Crippen LogP contribution in [-0.2, 0) is 11.2 Å². The van der Waals surface area contributed by atoms with E-state index in [2.05, 4.69) is 5.10 Å². The Balaban J connectivity index is 1.98. The Morgan fingerprint density at radius 2 is 1.76 bits per heavy atom. The SMILES string of the molecule is CCN(C)C(=O)CCc1c(C)nn(-c2ccc(F)cc2)c1Oc1ccc(C)cc1. The maximum atomic E-state index is 13.4. The van der Waals surface area contributed by atoms with Crippen LogP contribution in [0.15, 0.2) is 48.5 Å². The van der Waals surface area contributed by atoms with Crippen LogP contribution in [0, 0.1) is 19.7 Å². The van der Waals surface area contributed by atoms with Gasteiger partial charge in [0.15, 0.2) is 0 Å². The van der Waals surface area contributed by atoms with Crippen LogP contribution >= 0.6 is 0 Å². The molecule has 0 saturated heterocycles. The summed E-state index contributed by atoms with van der Waals surface area (Å²) in [7, 11) is 1.79. The fourth-order valence-corrected chi connectivity index (χ4v) is 3.01. The number of carbonyl (C=O) groups is 1. The second kappa shape index (κ2) is 8.90. The third-order valence-electron chi connectivity index (χ3n) is 4.93. The van der Waals surface area contributed by atoms with E-state index in [1.54, 1.807) is 28.8 Å². The smallest absolute Gasteiger partial charge is 0.226 e. The van der Waals surface area contributed by atoms with Gasteiger partial charge in [-0.1, -0.05) is 17.7 Å². The molecule has 0 fully saturated rings. The molecule has 6 heteroatoms. The van der Waals surface area contributed by atoms with E-state index in [0.717, 1.165) is 16.8 Å². The topological polar surface area (TPSA) is 47.4 Å². The number of ether oxygens (including phenoxy) is 1. The van der Waals surface area contributed by atoms with E-state index in [0.29, 0.717) is 36.7 Å². The molecule has 5 nitrogen and oxygen atoms in total. The van der Waals surface area contributed by atoms with Gasteiger partial charge in [-0.25, -0.2) is 9.07 Å². The first-order valence-electron chi connectivity index (χ1n) is 9.72. The molecule has 0 aliphatic carbocycles. The van der Waals surface area contributed by atoms with Gasteiger partial charge in [-0.15, -0.1) is 0 Å². The number of aryl methyl sites for hydroxylation is 2. The normalized spacial score (nSPS) is 10.8. The van der Waals surface area contributed by atoms with E-state index in [9.17, 15) is 9.18 Å². The fraction of sp³-hybridized carbons (Fsp3) is 0.304. The van der Waals surface area contributed by atoms with Gasteiger partial charge < -0.3 is 9.64 Å². The van der Waals surface area contributed by atoms with Crippen LogP contribution in [0.4, 0.5) is 4.39 Å². The summed E-state index contributed by atoms with van der Waals surface area (Å²) in [6.07, 6.45) is 0.877. The Morgan fingerprint density at radius 3 is 2.38 bits per heavy atom. The molecule has 0 unspecified atom stereocenters. The van der Waals surface area contributed by atoms with Gasteiger partial charge in [-0.05, 0) is 63.6 Å². The number of benzene rings is 2. The highest BCUT2D eigenvalue weighted by Crippen LogP contribution is 2.31. The van der Waals surface area contributed by atoms with E-state index >= 15 is 0 Å². The summed E-state index contributed by atoms with van der Waals surface area (Å²) >= 11 is 0. The minimum atomic E-state index is -0.313. The molecule has 0 aliphatic rings. The Labute approximate surface area is 170 Å². The standard InChI is InChI=1S/C23H26FN3O2/c1-5-26(4)22(28)15-14-21-17(3)25-27(19-10-8-18(24)9-11-19)23(21)29-20-12-6-16(2)7-13-20/h6-13H,5,14-15H2,1-4H3. The molecule has 29 heavy (non-hydrogen) atoms. The van der Waals surface area contributed by atoms with Crippen molar-refractivity contribution in [3.63, 3.8) is 0 Å². The highest BCUT2D eigenvalue weighted by Gasteiger charge is 2.20. The number of hydrogen-bond donors (Lipinski definition) is 0. The molecule has 3 rings (SSSR count). The molecule has 0 spiro atoms. The molecule has 0 atom stereocenters. The molecule has 0 radical (unpaired) electrons. The van der Waals surface area contributed by atoms with Crippen molar-refractivity contribution >= 4 is 5.91 Å². The van der Waals surface area contributed by atoms with Gasteiger partial charge in [-0.3, -0.25) is 4.79 Å². The van der Waals surface area contributed by atoms with Crippen molar-refractivity contribution in [3.05, 3.63) is 71.2 Å². The van der Waals surface area contributed by atoms with Crippen molar-refractivity contribution in [3.8, 4) is 17.3 Å². The monoisotopic (exact) mass is 395 g/mol. The third kappa shape index (κ3) is 4.83. The van der Waals surface area contributed by atoms with Crippen molar-refractivity contribution in [2.75, 3.05) is 13.6 Å². The van der Waals surface area contributed by atoms with Crippen molar-refractivity contribution in [1.82, 2.24) is 14.7 Å². The lowest BCUT2D eigenvalue weighted by molar-refractivity contribution is -0.129. The number of hydrogen-bond acceptors (Lipinski definition) is 3. The first-order valence-corrected chi connectivity index (χ1v) is 9.72. The maximum Gasteiger partial charge on any atom is 0.226 e. The summed E-state index contributed by atoms with van der Waals surface area (Å²) in [5.74, 6) is 0.983.